The molecule has 0 aromatic carbocycles. The van der Waals surface area contributed by atoms with Gasteiger partial charge in [0.05, 0.1) is 0 Å². The van der Waals surface area contributed by atoms with Crippen LogP contribution in [-0.2, 0) is 9.93 Å². The van der Waals surface area contributed by atoms with E-state index in [9.17, 15) is 4.21 Å². The highest BCUT2D eigenvalue weighted by Crippen LogP contribution is 2.28. The SMILES string of the molecule is CC[SH](=O)(C(C)C)C(C)(C)C. The van der Waals surface area contributed by atoms with Crippen molar-refractivity contribution in [3.63, 3.8) is 0 Å². The molecule has 0 aromatic rings. The van der Waals surface area contributed by atoms with Gasteiger partial charge in [-0.05, 0) is 5.75 Å². The third kappa shape index (κ3) is 2.05. The van der Waals surface area contributed by atoms with Crippen molar-refractivity contribution in [2.75, 3.05) is 5.75 Å². The molecule has 0 bridgehead atoms. The molecule has 0 aliphatic heterocycles. The normalized spacial score (nSPS) is 15.5. The molecule has 1 nitrogen and oxygen atoms in total. The summed E-state index contributed by atoms with van der Waals surface area (Å²) in [5, 5.41) is 0.326. The van der Waals surface area contributed by atoms with Crippen LogP contribution in [0.15, 0.2) is 0 Å². The summed E-state index contributed by atoms with van der Waals surface area (Å²) in [6.07, 6.45) is 0. The molecule has 0 unspecified atom stereocenters. The van der Waals surface area contributed by atoms with Gasteiger partial charge >= 0.3 is 0 Å². The van der Waals surface area contributed by atoms with Crippen molar-refractivity contribution in [3.8, 4) is 0 Å². The standard InChI is InChI=1S/C9H22OS/c1-7-11(10,8(2)3)9(4,5)6/h8,11H,7H2,1-6H3. The average molecular weight is 178 g/mol. The Balaban J connectivity index is 4.77. The van der Waals surface area contributed by atoms with Gasteiger partial charge < -0.3 is 0 Å². The summed E-state index contributed by atoms with van der Waals surface area (Å²) >= 11 is 0. The zero-order chi connectivity index (χ0) is 9.28. The molecule has 0 aliphatic carbocycles. The lowest BCUT2D eigenvalue weighted by Crippen LogP contribution is -2.43. The van der Waals surface area contributed by atoms with E-state index in [-0.39, 0.29) is 4.75 Å². The molecular weight excluding hydrogens is 156 g/mol. The molecule has 0 saturated heterocycles. The third-order valence-electron chi connectivity index (χ3n) is 2.44. The molecule has 0 rings (SSSR count). The van der Waals surface area contributed by atoms with Crippen molar-refractivity contribution in [3.05, 3.63) is 0 Å². The number of hydrogen-bond donors (Lipinski definition) is 1. The Morgan fingerprint density at radius 1 is 1.27 bits per heavy atom. The predicted molar refractivity (Wildman–Crippen MR) is 55.0 cm³/mol. The minimum Gasteiger partial charge on any atom is -0.284 e. The van der Waals surface area contributed by atoms with E-state index in [1.54, 1.807) is 0 Å². The maximum atomic E-state index is 12.3. The molecule has 0 spiro atoms. The number of rotatable bonds is 2. The van der Waals surface area contributed by atoms with Gasteiger partial charge in [0.1, 0.15) is 0 Å². The van der Waals surface area contributed by atoms with Crippen molar-refractivity contribution in [1.29, 1.82) is 0 Å². The Morgan fingerprint density at radius 3 is 1.64 bits per heavy atom. The van der Waals surface area contributed by atoms with Gasteiger partial charge in [-0.25, -0.2) is 0 Å². The van der Waals surface area contributed by atoms with Crippen molar-refractivity contribution in [1.82, 2.24) is 0 Å². The molecule has 0 amide bonds. The first-order valence-electron chi connectivity index (χ1n) is 4.34. The molecule has 0 N–H and O–H groups in total. The molecule has 70 valence electrons. The highest BCUT2D eigenvalue weighted by atomic mass is 32.2. The molecule has 0 atom stereocenters. The molecule has 2 heteroatoms. The maximum Gasteiger partial charge on any atom is 0.0156 e. The highest BCUT2D eigenvalue weighted by Gasteiger charge is 2.31. The second-order valence-electron chi connectivity index (χ2n) is 4.38. The molecule has 0 heterocycles. The fourth-order valence-corrected chi connectivity index (χ4v) is 4.84. The molecule has 0 aromatic heterocycles. The average Bonchev–Trinajstić information content (AvgIpc) is 1.83. The quantitative estimate of drug-likeness (QED) is 0.642. The van der Waals surface area contributed by atoms with E-state index < -0.39 is 9.93 Å². The van der Waals surface area contributed by atoms with Crippen LogP contribution in [0.1, 0.15) is 41.5 Å². The highest BCUT2D eigenvalue weighted by molar-refractivity contribution is 8.04. The van der Waals surface area contributed by atoms with Crippen LogP contribution < -0.4 is 0 Å². The molecule has 0 saturated carbocycles. The lowest BCUT2D eigenvalue weighted by molar-refractivity contribution is 0.622. The summed E-state index contributed by atoms with van der Waals surface area (Å²) in [4.78, 5) is 0. The van der Waals surface area contributed by atoms with Gasteiger partial charge in [0, 0.05) is 10.00 Å². The van der Waals surface area contributed by atoms with Gasteiger partial charge in [0.15, 0.2) is 0 Å². The van der Waals surface area contributed by atoms with Gasteiger partial charge in [-0.1, -0.05) is 51.5 Å². The lowest BCUT2D eigenvalue weighted by atomic mass is 10.3. The van der Waals surface area contributed by atoms with Gasteiger partial charge in [-0.2, -0.15) is 0 Å². The molecule has 0 aliphatic rings. The van der Waals surface area contributed by atoms with Crippen LogP contribution in [0.4, 0.5) is 0 Å². The van der Waals surface area contributed by atoms with Gasteiger partial charge in [-0.15, -0.1) is 0 Å². The van der Waals surface area contributed by atoms with Crippen molar-refractivity contribution >= 4 is 9.93 Å². The van der Waals surface area contributed by atoms with E-state index >= 15 is 0 Å². The number of thiol groups is 1. The fraction of sp³-hybridized carbons (Fsp3) is 1.00. The van der Waals surface area contributed by atoms with Gasteiger partial charge in [-0.3, -0.25) is 4.21 Å². The first-order valence-corrected chi connectivity index (χ1v) is 6.30. The van der Waals surface area contributed by atoms with E-state index in [1.165, 1.54) is 0 Å². The minimum atomic E-state index is -1.96. The fourth-order valence-electron chi connectivity index (χ4n) is 1.61. The first kappa shape index (κ1) is 11.2. The zero-order valence-electron chi connectivity index (χ0n) is 8.64. The van der Waals surface area contributed by atoms with Gasteiger partial charge in [0.25, 0.3) is 0 Å². The largest absolute Gasteiger partial charge is 0.284 e. The Labute approximate surface area is 72.0 Å². The Bertz CT molecular complexity index is 165. The van der Waals surface area contributed by atoms with E-state index in [1.807, 2.05) is 6.92 Å². The lowest BCUT2D eigenvalue weighted by Gasteiger charge is -2.39. The van der Waals surface area contributed by atoms with E-state index in [2.05, 4.69) is 34.6 Å². The molecule has 0 fully saturated rings. The summed E-state index contributed by atoms with van der Waals surface area (Å²) in [6, 6.07) is 0. The second-order valence-corrected chi connectivity index (χ2v) is 8.97. The van der Waals surface area contributed by atoms with Crippen LogP contribution in [0.25, 0.3) is 0 Å². The minimum absolute atomic E-state index is 0.0179. The molecular formula is C9H22OS. The van der Waals surface area contributed by atoms with Crippen LogP contribution in [-0.4, -0.2) is 20.0 Å². The Morgan fingerprint density at radius 2 is 1.64 bits per heavy atom. The number of hydrogen-bond acceptors (Lipinski definition) is 1. The topological polar surface area (TPSA) is 17.1 Å². The van der Waals surface area contributed by atoms with Crippen LogP contribution in [0.3, 0.4) is 0 Å². The third-order valence-corrected chi connectivity index (χ3v) is 7.32. The van der Waals surface area contributed by atoms with E-state index in [0.717, 1.165) is 5.75 Å². The first-order chi connectivity index (χ1) is 4.75. The van der Waals surface area contributed by atoms with Crippen molar-refractivity contribution in [2.45, 2.75) is 51.5 Å². The van der Waals surface area contributed by atoms with Crippen LogP contribution >= 0.6 is 0 Å². The van der Waals surface area contributed by atoms with Gasteiger partial charge in [0.2, 0.25) is 0 Å². The summed E-state index contributed by atoms with van der Waals surface area (Å²) in [5.41, 5.74) is 0. The van der Waals surface area contributed by atoms with Crippen LogP contribution in [0.2, 0.25) is 0 Å². The summed E-state index contributed by atoms with van der Waals surface area (Å²) in [7, 11) is -1.96. The maximum absolute atomic E-state index is 12.3. The zero-order valence-corrected chi connectivity index (χ0v) is 9.53. The second kappa shape index (κ2) is 3.26. The van der Waals surface area contributed by atoms with E-state index in [0.29, 0.717) is 5.25 Å². The van der Waals surface area contributed by atoms with E-state index in [4.69, 9.17) is 0 Å². The van der Waals surface area contributed by atoms with Crippen LogP contribution in [0.5, 0.6) is 0 Å². The monoisotopic (exact) mass is 178 g/mol. The van der Waals surface area contributed by atoms with Crippen molar-refractivity contribution in [2.24, 2.45) is 0 Å². The Hall–Kier alpha value is 0.150. The smallest absolute Gasteiger partial charge is 0.0156 e. The summed E-state index contributed by atoms with van der Waals surface area (Å²) < 4.78 is 12.3. The Kier molecular flexibility index (Phi) is 3.30. The molecule has 11 heavy (non-hydrogen) atoms. The predicted octanol–water partition coefficient (Wildman–Crippen LogP) is 2.23. The summed E-state index contributed by atoms with van der Waals surface area (Å²) in [5.74, 6) is 0.828. The summed E-state index contributed by atoms with van der Waals surface area (Å²) in [6.45, 7) is 12.4. The van der Waals surface area contributed by atoms with Crippen LogP contribution in [0, 0.1) is 0 Å². The van der Waals surface area contributed by atoms with Crippen molar-refractivity contribution < 1.29 is 4.21 Å². The molecule has 0 radical (unpaired) electrons.